The highest BCUT2D eigenvalue weighted by Gasteiger charge is 2.24. The van der Waals surface area contributed by atoms with Gasteiger partial charge in [-0.2, -0.15) is 35.5 Å². The summed E-state index contributed by atoms with van der Waals surface area (Å²) in [6.07, 6.45) is 0. The van der Waals surface area contributed by atoms with E-state index in [0.29, 0.717) is 12.1 Å². The van der Waals surface area contributed by atoms with Crippen LogP contribution in [0.4, 0.5) is 17.1 Å². The number of nitrogens with zero attached hydrogens (tertiary/aromatic N) is 4. The maximum Gasteiger partial charge on any atom is 0.296 e. The van der Waals surface area contributed by atoms with Gasteiger partial charge in [0.1, 0.15) is 38.4 Å². The van der Waals surface area contributed by atoms with Crippen LogP contribution in [0, 0.1) is 0 Å². The quantitative estimate of drug-likeness (QED) is 0.259. The van der Waals surface area contributed by atoms with Crippen molar-refractivity contribution in [3.63, 3.8) is 0 Å². The second-order valence-corrected chi connectivity index (χ2v) is 11.3. The number of ether oxygens (including phenoxy) is 2. The minimum atomic E-state index is -5.09. The molecule has 3 aromatic rings. The van der Waals surface area contributed by atoms with Crippen LogP contribution in [0.25, 0.3) is 10.8 Å². The molecule has 0 aliphatic heterocycles. The Morgan fingerprint density at radius 3 is 1.59 bits per heavy atom. The molecule has 3 N–H and O–H groups in total. The monoisotopic (exact) mass is 574 g/mol. The number of hydrogen-bond donors (Lipinski definition) is 3. The molecule has 0 unspecified atom stereocenters. The highest BCUT2D eigenvalue weighted by molar-refractivity contribution is 7.87. The van der Waals surface area contributed by atoms with E-state index < -0.39 is 50.7 Å². The van der Waals surface area contributed by atoms with Gasteiger partial charge in [-0.15, -0.1) is 10.2 Å². The number of benzene rings is 3. The molecule has 0 atom stereocenters. The molecule has 18 heteroatoms. The molecule has 0 bridgehead atoms. The average molecular weight is 575 g/mol. The van der Waals surface area contributed by atoms with Gasteiger partial charge in [0.2, 0.25) is 0 Å². The first-order valence-corrected chi connectivity index (χ1v) is 13.9. The Balaban J connectivity index is 2.36. The largest absolute Gasteiger partial charge is 0.494 e. The van der Waals surface area contributed by atoms with Crippen LogP contribution < -0.4 is 9.47 Å². The van der Waals surface area contributed by atoms with Crippen molar-refractivity contribution in [2.24, 2.45) is 20.5 Å². The fraction of sp³-hybridized carbons (Fsp3) is 0.158. The van der Waals surface area contributed by atoms with Crippen LogP contribution in [0.5, 0.6) is 11.5 Å². The summed E-state index contributed by atoms with van der Waals surface area (Å²) in [5, 5.41) is 14.5. The third kappa shape index (κ3) is 6.06. The van der Waals surface area contributed by atoms with Gasteiger partial charge in [0.25, 0.3) is 30.4 Å². The fourth-order valence-corrected chi connectivity index (χ4v) is 5.19. The van der Waals surface area contributed by atoms with Gasteiger partial charge >= 0.3 is 0 Å². The molecule has 3 aromatic carbocycles. The van der Waals surface area contributed by atoms with Crippen LogP contribution in [0.15, 0.2) is 71.5 Å². The highest BCUT2D eigenvalue weighted by atomic mass is 32.2. The Morgan fingerprint density at radius 2 is 1.14 bits per heavy atom. The normalized spacial score (nSPS) is 13.0. The van der Waals surface area contributed by atoms with Crippen LogP contribution in [0.1, 0.15) is 0 Å². The van der Waals surface area contributed by atoms with Crippen molar-refractivity contribution in [3.8, 4) is 11.5 Å². The highest BCUT2D eigenvalue weighted by Crippen LogP contribution is 2.41. The van der Waals surface area contributed by atoms with Crippen LogP contribution in [0.3, 0.4) is 0 Å². The third-order valence-electron chi connectivity index (χ3n) is 4.77. The topological polar surface area (TPSA) is 231 Å². The van der Waals surface area contributed by atoms with Gasteiger partial charge in [-0.1, -0.05) is 0 Å². The summed E-state index contributed by atoms with van der Waals surface area (Å²) >= 11 is 0. The van der Waals surface area contributed by atoms with Crippen molar-refractivity contribution >= 4 is 58.2 Å². The zero-order valence-electron chi connectivity index (χ0n) is 19.1. The first kappa shape index (κ1) is 28.0. The van der Waals surface area contributed by atoms with E-state index in [2.05, 4.69) is 20.5 Å². The lowest BCUT2D eigenvalue weighted by Crippen LogP contribution is -2.05. The van der Waals surface area contributed by atoms with Gasteiger partial charge in [0.15, 0.2) is 0 Å². The number of rotatable bonds is 8. The average Bonchev–Trinajstić information content (AvgIpc) is 2.79. The lowest BCUT2D eigenvalue weighted by molar-refractivity contribution is 0.405. The standard InChI is InChI=1S/C19H18N4O11S3/c1-20-21-13-8-17(34-3)14(9-16(13)33-2)22-23-15-7-12-10(5-19(15)37(30,31)32)4-11(35(24,25)26)6-18(12)36(27,28)29/h4-9H,1-3H3,(H,24,25,26)(H,27,28,29)(H,30,31,32). The minimum Gasteiger partial charge on any atom is -0.494 e. The first-order chi connectivity index (χ1) is 17.1. The summed E-state index contributed by atoms with van der Waals surface area (Å²) in [5.41, 5.74) is -0.303. The molecule has 0 heterocycles. The van der Waals surface area contributed by atoms with Gasteiger partial charge in [-0.3, -0.25) is 13.7 Å². The zero-order chi connectivity index (χ0) is 27.8. The predicted octanol–water partition coefficient (Wildman–Crippen LogP) is 3.73. The molecule has 0 saturated heterocycles. The molecule has 0 aliphatic carbocycles. The molecule has 0 amide bonds. The molecule has 15 nitrogen and oxygen atoms in total. The zero-order valence-corrected chi connectivity index (χ0v) is 21.5. The predicted molar refractivity (Wildman–Crippen MR) is 128 cm³/mol. The summed E-state index contributed by atoms with van der Waals surface area (Å²) in [6, 6.07) is 5.48. The Kier molecular flexibility index (Phi) is 7.63. The fourth-order valence-electron chi connectivity index (χ4n) is 3.20. The van der Waals surface area contributed by atoms with Crippen molar-refractivity contribution in [3.05, 3.63) is 36.4 Å². The number of methoxy groups -OCH3 is 2. The first-order valence-electron chi connectivity index (χ1n) is 9.62. The van der Waals surface area contributed by atoms with Crippen molar-refractivity contribution in [2.75, 3.05) is 21.3 Å². The maximum absolute atomic E-state index is 12.1. The summed E-state index contributed by atoms with van der Waals surface area (Å²) in [5.74, 6) is 0.304. The maximum atomic E-state index is 12.1. The molecular weight excluding hydrogens is 556 g/mol. The Labute approximate surface area is 210 Å². The van der Waals surface area contributed by atoms with Gasteiger partial charge in [-0.25, -0.2) is 0 Å². The van der Waals surface area contributed by atoms with Crippen LogP contribution in [-0.2, 0) is 30.4 Å². The van der Waals surface area contributed by atoms with Crippen molar-refractivity contribution in [1.82, 2.24) is 0 Å². The van der Waals surface area contributed by atoms with E-state index in [1.807, 2.05) is 0 Å². The van der Waals surface area contributed by atoms with E-state index in [0.717, 1.165) is 12.1 Å². The summed E-state index contributed by atoms with van der Waals surface area (Å²) in [6.45, 7) is 0. The van der Waals surface area contributed by atoms with Crippen molar-refractivity contribution in [1.29, 1.82) is 0 Å². The van der Waals surface area contributed by atoms with Gasteiger partial charge in [-0.05, 0) is 29.7 Å². The Bertz CT molecular complexity index is 1780. The second-order valence-electron chi connectivity index (χ2n) is 7.08. The smallest absolute Gasteiger partial charge is 0.296 e. The molecule has 198 valence electrons. The lowest BCUT2D eigenvalue weighted by Gasteiger charge is -2.11. The number of azo groups is 2. The lowest BCUT2D eigenvalue weighted by atomic mass is 10.1. The van der Waals surface area contributed by atoms with E-state index in [1.54, 1.807) is 0 Å². The Hall–Kier alpha value is -3.55. The van der Waals surface area contributed by atoms with Gasteiger partial charge < -0.3 is 9.47 Å². The van der Waals surface area contributed by atoms with Crippen molar-refractivity contribution in [2.45, 2.75) is 14.7 Å². The summed E-state index contributed by atoms with van der Waals surface area (Å²) in [4.78, 5) is -2.83. The third-order valence-corrected chi connectivity index (χ3v) is 7.38. The second kappa shape index (κ2) is 10.1. The van der Waals surface area contributed by atoms with Gasteiger partial charge in [0, 0.05) is 24.6 Å². The summed E-state index contributed by atoms with van der Waals surface area (Å²) in [7, 11) is -11.0. The van der Waals surface area contributed by atoms with Gasteiger partial charge in [0.05, 0.1) is 19.1 Å². The van der Waals surface area contributed by atoms with E-state index >= 15 is 0 Å². The van der Waals surface area contributed by atoms with E-state index in [4.69, 9.17) is 9.47 Å². The van der Waals surface area contributed by atoms with Crippen LogP contribution in [0.2, 0.25) is 0 Å². The number of fused-ring (bicyclic) bond motifs is 1. The molecule has 0 radical (unpaired) electrons. The van der Waals surface area contributed by atoms with E-state index in [9.17, 15) is 38.9 Å². The molecule has 0 aromatic heterocycles. The minimum absolute atomic E-state index is 0.00696. The summed E-state index contributed by atoms with van der Waals surface area (Å²) < 4.78 is 110. The van der Waals surface area contributed by atoms with E-state index in [-0.39, 0.29) is 33.6 Å². The van der Waals surface area contributed by atoms with Crippen molar-refractivity contribution < 1.29 is 48.4 Å². The molecule has 3 rings (SSSR count). The van der Waals surface area contributed by atoms with Crippen LogP contribution >= 0.6 is 0 Å². The molecule has 0 aliphatic rings. The molecule has 0 spiro atoms. The number of hydrogen-bond acceptors (Lipinski definition) is 12. The van der Waals surface area contributed by atoms with E-state index in [1.165, 1.54) is 33.4 Å². The molecule has 0 fully saturated rings. The molecule has 0 saturated carbocycles. The Morgan fingerprint density at radius 1 is 0.622 bits per heavy atom. The SMILES string of the molecule is CN=Nc1cc(OC)c(N=Nc2cc3c(S(=O)(=O)O)cc(S(=O)(=O)O)cc3cc2S(=O)(=O)O)cc1OC. The molecular formula is C19H18N4O11S3. The molecule has 37 heavy (non-hydrogen) atoms. The van der Waals surface area contributed by atoms with Crippen LogP contribution in [-0.4, -0.2) is 60.2 Å².